The Hall–Kier alpha value is -5.14. The average Bonchev–Trinajstić information content (AvgIpc) is 3.03. The summed E-state index contributed by atoms with van der Waals surface area (Å²) in [7, 11) is 0. The molecule has 0 saturated carbocycles. The van der Waals surface area contributed by atoms with Gasteiger partial charge in [-0.1, -0.05) is 87.5 Å². The number of hydrogen-bond donors (Lipinski definition) is 0. The van der Waals surface area contributed by atoms with Gasteiger partial charge in [0.25, 0.3) is 0 Å². The zero-order valence-corrected chi connectivity index (χ0v) is 26.6. The van der Waals surface area contributed by atoms with E-state index in [9.17, 15) is 0 Å². The minimum Gasteiger partial charge on any atom is -0.310 e. The highest BCUT2D eigenvalue weighted by Gasteiger charge is 2.25. The van der Waals surface area contributed by atoms with Gasteiger partial charge in [0.15, 0.2) is 0 Å². The Bertz CT molecular complexity index is 2250. The summed E-state index contributed by atoms with van der Waals surface area (Å²) in [6.45, 7) is 11.2. The molecule has 0 atom stereocenters. The van der Waals surface area contributed by atoms with Crippen molar-refractivity contribution in [3.8, 4) is 33.4 Å². The molecule has 1 heteroatoms. The van der Waals surface area contributed by atoms with Crippen molar-refractivity contribution < 1.29 is 0 Å². The Morgan fingerprint density at radius 3 is 1.62 bits per heavy atom. The molecule has 218 valence electrons. The molecule has 7 aromatic carbocycles. The predicted molar refractivity (Wildman–Crippen MR) is 194 cm³/mol. The van der Waals surface area contributed by atoms with E-state index in [1.165, 1.54) is 88.7 Å². The maximum atomic E-state index is 2.42. The van der Waals surface area contributed by atoms with Gasteiger partial charge < -0.3 is 4.90 Å². The number of hydrogen-bond acceptors (Lipinski definition) is 1. The second-order valence-electron chi connectivity index (χ2n) is 13.7. The number of nitrogens with zero attached hydrogens (tertiary/aromatic N) is 1. The molecule has 1 aliphatic carbocycles. The molecule has 0 aliphatic heterocycles. The van der Waals surface area contributed by atoms with Crippen molar-refractivity contribution in [1.29, 1.82) is 0 Å². The molecule has 0 unspecified atom stereocenters. The molecule has 0 spiro atoms. The van der Waals surface area contributed by atoms with Crippen LogP contribution in [-0.2, 0) is 5.41 Å². The van der Waals surface area contributed by atoms with Gasteiger partial charge in [-0.15, -0.1) is 0 Å². The fourth-order valence-corrected chi connectivity index (χ4v) is 7.00. The first-order valence-corrected chi connectivity index (χ1v) is 15.9. The zero-order chi connectivity index (χ0) is 30.9. The lowest BCUT2D eigenvalue weighted by molar-refractivity contribution is 0.590. The smallest absolute Gasteiger partial charge is 0.0468 e. The van der Waals surface area contributed by atoms with E-state index in [4.69, 9.17) is 0 Å². The molecular formula is C44H37N. The average molecular weight is 580 g/mol. The van der Waals surface area contributed by atoms with Crippen LogP contribution in [0.1, 0.15) is 37.5 Å². The highest BCUT2D eigenvalue weighted by Crippen LogP contribution is 2.51. The van der Waals surface area contributed by atoms with Gasteiger partial charge in [-0.05, 0) is 158 Å². The molecule has 0 radical (unpaired) electrons. The molecule has 0 saturated heterocycles. The quantitative estimate of drug-likeness (QED) is 0.200. The summed E-state index contributed by atoms with van der Waals surface area (Å²) in [6.07, 6.45) is 0. The second-order valence-corrected chi connectivity index (χ2v) is 13.7. The lowest BCUT2D eigenvalue weighted by atomic mass is 9.77. The molecule has 45 heavy (non-hydrogen) atoms. The van der Waals surface area contributed by atoms with Crippen LogP contribution in [0.2, 0.25) is 0 Å². The van der Waals surface area contributed by atoms with E-state index in [1.807, 2.05) is 0 Å². The molecule has 8 rings (SSSR count). The highest BCUT2D eigenvalue weighted by molar-refractivity contribution is 6.12. The highest BCUT2D eigenvalue weighted by atomic mass is 15.1. The van der Waals surface area contributed by atoms with Gasteiger partial charge in [0.05, 0.1) is 0 Å². The fourth-order valence-electron chi connectivity index (χ4n) is 7.00. The molecular weight excluding hydrogens is 542 g/mol. The van der Waals surface area contributed by atoms with Crippen LogP contribution >= 0.6 is 0 Å². The van der Waals surface area contributed by atoms with Crippen LogP contribution in [0.5, 0.6) is 0 Å². The minimum absolute atomic E-state index is 0.0660. The molecule has 7 aromatic rings. The van der Waals surface area contributed by atoms with Crippen molar-refractivity contribution in [1.82, 2.24) is 0 Å². The van der Waals surface area contributed by atoms with Crippen LogP contribution in [0.3, 0.4) is 0 Å². The van der Waals surface area contributed by atoms with E-state index in [0.717, 1.165) is 0 Å². The Morgan fingerprint density at radius 2 is 0.978 bits per heavy atom. The van der Waals surface area contributed by atoms with Crippen LogP contribution in [0.25, 0.3) is 54.9 Å². The molecule has 1 aliphatic rings. The number of anilines is 3. The fraction of sp³-hybridized carbons (Fsp3) is 0.136. The summed E-state index contributed by atoms with van der Waals surface area (Å²) in [5.74, 6) is 0. The summed E-state index contributed by atoms with van der Waals surface area (Å²) in [5.41, 5.74) is 15.4. The predicted octanol–water partition coefficient (Wildman–Crippen LogP) is 12.7. The van der Waals surface area contributed by atoms with Gasteiger partial charge in [0.1, 0.15) is 0 Å². The van der Waals surface area contributed by atoms with Gasteiger partial charge in [-0.3, -0.25) is 0 Å². The molecule has 0 aromatic heterocycles. The summed E-state index contributed by atoms with van der Waals surface area (Å²) < 4.78 is 0. The summed E-state index contributed by atoms with van der Waals surface area (Å²) in [6, 6.07) is 49.8. The van der Waals surface area contributed by atoms with E-state index in [0.29, 0.717) is 0 Å². The maximum Gasteiger partial charge on any atom is 0.0468 e. The standard InChI is InChI=1S/C44H37N/c1-28-18-29(2)20-39(19-28)45(37-13-9-12-36(27-37)44(3,4)5)38-17-16-33-24-41-42-25-34-21-31(30-10-7-6-8-11-30)14-15-32(34)23-40(42)43(41)26-35(33)22-38/h6-27H,1-5H3. The molecule has 0 heterocycles. The maximum absolute atomic E-state index is 2.42. The molecule has 0 bridgehead atoms. The summed E-state index contributed by atoms with van der Waals surface area (Å²) in [5, 5.41) is 5.10. The normalized spacial score (nSPS) is 12.1. The van der Waals surface area contributed by atoms with Gasteiger partial charge >= 0.3 is 0 Å². The monoisotopic (exact) mass is 579 g/mol. The first kappa shape index (κ1) is 27.4. The Labute approximate surface area is 266 Å². The second kappa shape index (κ2) is 10.2. The molecule has 0 amide bonds. The van der Waals surface area contributed by atoms with E-state index < -0.39 is 0 Å². The Morgan fingerprint density at radius 1 is 0.400 bits per heavy atom. The number of aryl methyl sites for hydroxylation is 2. The zero-order valence-electron chi connectivity index (χ0n) is 26.6. The van der Waals surface area contributed by atoms with Crippen LogP contribution in [0.15, 0.2) is 133 Å². The van der Waals surface area contributed by atoms with E-state index in [-0.39, 0.29) is 5.41 Å². The van der Waals surface area contributed by atoms with Gasteiger partial charge in [-0.25, -0.2) is 0 Å². The van der Waals surface area contributed by atoms with Crippen LogP contribution in [0, 0.1) is 13.8 Å². The first-order valence-electron chi connectivity index (χ1n) is 15.9. The van der Waals surface area contributed by atoms with Gasteiger partial charge in [0.2, 0.25) is 0 Å². The SMILES string of the molecule is Cc1cc(C)cc(N(c2cccc(C(C)(C)C)c2)c2ccc3cc4c(cc3c2)-c2cc3ccc(-c5ccccc5)cc3cc2-4)c1. The van der Waals surface area contributed by atoms with Crippen molar-refractivity contribution in [2.75, 3.05) is 4.90 Å². The molecule has 1 nitrogen and oxygen atoms in total. The lowest BCUT2D eigenvalue weighted by Crippen LogP contribution is -2.14. The van der Waals surface area contributed by atoms with Crippen LogP contribution < -0.4 is 4.90 Å². The number of fused-ring (bicyclic) bond motifs is 6. The van der Waals surface area contributed by atoms with Crippen molar-refractivity contribution >= 4 is 38.6 Å². The third-order valence-corrected chi connectivity index (χ3v) is 9.32. The van der Waals surface area contributed by atoms with Gasteiger partial charge in [0, 0.05) is 17.1 Å². The Kier molecular flexibility index (Phi) is 6.22. The molecule has 0 fully saturated rings. The van der Waals surface area contributed by atoms with Crippen molar-refractivity contribution in [3.05, 3.63) is 150 Å². The van der Waals surface area contributed by atoms with E-state index in [2.05, 4.69) is 173 Å². The first-order chi connectivity index (χ1) is 21.7. The van der Waals surface area contributed by atoms with Crippen molar-refractivity contribution in [2.45, 2.75) is 40.0 Å². The lowest BCUT2D eigenvalue weighted by Gasteiger charge is -2.29. The van der Waals surface area contributed by atoms with Gasteiger partial charge in [-0.2, -0.15) is 0 Å². The van der Waals surface area contributed by atoms with Crippen LogP contribution in [0.4, 0.5) is 17.1 Å². The topological polar surface area (TPSA) is 3.24 Å². The molecule has 0 N–H and O–H groups in total. The minimum atomic E-state index is 0.0660. The van der Waals surface area contributed by atoms with Crippen LogP contribution in [-0.4, -0.2) is 0 Å². The third-order valence-electron chi connectivity index (χ3n) is 9.32. The summed E-state index contributed by atoms with van der Waals surface area (Å²) in [4.78, 5) is 2.42. The summed E-state index contributed by atoms with van der Waals surface area (Å²) >= 11 is 0. The largest absolute Gasteiger partial charge is 0.310 e. The van der Waals surface area contributed by atoms with Crippen molar-refractivity contribution in [3.63, 3.8) is 0 Å². The van der Waals surface area contributed by atoms with E-state index in [1.54, 1.807) is 0 Å². The number of rotatable bonds is 4. The van der Waals surface area contributed by atoms with Crippen molar-refractivity contribution in [2.24, 2.45) is 0 Å². The van der Waals surface area contributed by atoms with E-state index >= 15 is 0 Å². The third kappa shape index (κ3) is 4.80. The number of benzene rings is 7. The Balaban J connectivity index is 1.23.